The van der Waals surface area contributed by atoms with Crippen LogP contribution in [-0.4, -0.2) is 55.5 Å². The van der Waals surface area contributed by atoms with Gasteiger partial charge in [0.05, 0.1) is 16.6 Å². The minimum Gasteiger partial charge on any atom is -0.468 e. The molecular formula is C18H13F9N4O5S. The van der Waals surface area contributed by atoms with Gasteiger partial charge in [-0.25, -0.2) is 13.2 Å². The highest BCUT2D eigenvalue weighted by molar-refractivity contribution is 7.92. The van der Waals surface area contributed by atoms with Crippen molar-refractivity contribution in [2.24, 2.45) is 0 Å². The highest BCUT2D eigenvalue weighted by atomic mass is 32.2. The van der Waals surface area contributed by atoms with Crippen LogP contribution in [0.3, 0.4) is 0 Å². The summed E-state index contributed by atoms with van der Waals surface area (Å²) in [5.74, 6) is -2.73. The number of aromatic nitrogens is 2. The second-order valence-electron chi connectivity index (χ2n) is 6.60. The zero-order chi connectivity index (χ0) is 28.2. The molecule has 1 heterocycles. The minimum atomic E-state index is -5.69. The Hall–Kier alpha value is -3.77. The van der Waals surface area contributed by atoms with Crippen molar-refractivity contribution in [1.82, 2.24) is 9.97 Å². The summed E-state index contributed by atoms with van der Waals surface area (Å²) < 4.78 is 144. The second-order valence-corrected chi connectivity index (χ2v) is 8.54. The van der Waals surface area contributed by atoms with Crippen LogP contribution in [0.4, 0.5) is 55.9 Å². The number of hydrogen-bond acceptors (Lipinski definition) is 7. The lowest BCUT2D eigenvalue weighted by atomic mass is 10.3. The van der Waals surface area contributed by atoms with Crippen LogP contribution in [0.2, 0.25) is 0 Å². The molecule has 0 radical (unpaired) electrons. The van der Waals surface area contributed by atoms with Gasteiger partial charge in [-0.1, -0.05) is 6.58 Å². The van der Waals surface area contributed by atoms with E-state index in [2.05, 4.69) is 26.0 Å². The highest BCUT2D eigenvalue weighted by Gasteiger charge is 2.46. The Kier molecular flexibility index (Phi) is 8.51. The van der Waals surface area contributed by atoms with Gasteiger partial charge < -0.3 is 9.47 Å². The lowest BCUT2D eigenvalue weighted by Crippen LogP contribution is -2.31. The van der Waals surface area contributed by atoms with Gasteiger partial charge in [-0.05, 0) is 24.3 Å². The van der Waals surface area contributed by atoms with E-state index < -0.39 is 69.5 Å². The maximum Gasteiger partial charge on any atom is 0.501 e. The van der Waals surface area contributed by atoms with Crippen LogP contribution in [0, 0.1) is 0 Å². The van der Waals surface area contributed by atoms with Gasteiger partial charge in [-0.3, -0.25) is 10.2 Å². The van der Waals surface area contributed by atoms with E-state index in [0.29, 0.717) is 23.1 Å². The van der Waals surface area contributed by atoms with Crippen molar-refractivity contribution in [3.8, 4) is 11.8 Å². The van der Waals surface area contributed by atoms with E-state index in [0.717, 1.165) is 18.3 Å². The number of urea groups is 1. The van der Waals surface area contributed by atoms with Crippen LogP contribution in [0.5, 0.6) is 11.8 Å². The Labute approximate surface area is 201 Å². The number of hydrogen-bond donors (Lipinski definition) is 1. The maximum absolute atomic E-state index is 12.7. The number of anilines is 2. The number of carbonyl (C=O) groups excluding carboxylic acids is 1. The Bertz CT molecular complexity index is 1190. The van der Waals surface area contributed by atoms with Crippen molar-refractivity contribution in [3.63, 3.8) is 0 Å². The molecule has 0 aliphatic rings. The SMILES string of the molecule is C=CN(C(=O)Nc1nc(OCC(F)(F)F)cc(OCC(F)(F)F)n1)c1ccc(S(=O)(=O)C(F)(F)F)cc1. The Morgan fingerprint density at radius 1 is 0.919 bits per heavy atom. The van der Waals surface area contributed by atoms with E-state index in [4.69, 9.17) is 0 Å². The number of nitrogens with zero attached hydrogens (tertiary/aromatic N) is 3. The number of carbonyl (C=O) groups is 1. The van der Waals surface area contributed by atoms with Gasteiger partial charge in [0.1, 0.15) is 0 Å². The molecule has 2 rings (SSSR count). The van der Waals surface area contributed by atoms with Gasteiger partial charge in [-0.2, -0.15) is 49.5 Å². The molecule has 0 aliphatic heterocycles. The normalized spacial score (nSPS) is 12.6. The molecule has 0 aliphatic carbocycles. The first-order valence-corrected chi connectivity index (χ1v) is 10.7. The van der Waals surface area contributed by atoms with E-state index in [1.807, 2.05) is 5.32 Å². The predicted molar refractivity (Wildman–Crippen MR) is 107 cm³/mol. The Balaban J connectivity index is 2.31. The molecular weight excluding hydrogens is 555 g/mol. The summed E-state index contributed by atoms with van der Waals surface area (Å²) >= 11 is 0. The van der Waals surface area contributed by atoms with Crippen molar-refractivity contribution in [2.75, 3.05) is 23.4 Å². The molecule has 0 bridgehead atoms. The molecule has 2 amide bonds. The molecule has 9 nitrogen and oxygen atoms in total. The average Bonchev–Trinajstić information content (AvgIpc) is 2.75. The summed E-state index contributed by atoms with van der Waals surface area (Å²) in [4.78, 5) is 18.8. The number of alkyl halides is 9. The number of rotatable bonds is 8. The third-order valence-corrected chi connectivity index (χ3v) is 5.30. The van der Waals surface area contributed by atoms with Crippen LogP contribution >= 0.6 is 0 Å². The smallest absolute Gasteiger partial charge is 0.468 e. The lowest BCUT2D eigenvalue weighted by Gasteiger charge is -2.19. The van der Waals surface area contributed by atoms with Gasteiger partial charge in [0.25, 0.3) is 9.84 Å². The van der Waals surface area contributed by atoms with Crippen molar-refractivity contribution >= 4 is 27.5 Å². The molecule has 0 saturated carbocycles. The summed E-state index contributed by atoms with van der Waals surface area (Å²) in [6.07, 6.45) is -8.91. The van der Waals surface area contributed by atoms with E-state index in [-0.39, 0.29) is 5.69 Å². The van der Waals surface area contributed by atoms with E-state index in [9.17, 15) is 52.7 Å². The second kappa shape index (κ2) is 10.7. The number of ether oxygens (including phenoxy) is 2. The third kappa shape index (κ3) is 8.40. The van der Waals surface area contributed by atoms with Crippen molar-refractivity contribution in [1.29, 1.82) is 0 Å². The molecule has 0 fully saturated rings. The fraction of sp³-hybridized carbons (Fsp3) is 0.278. The van der Waals surface area contributed by atoms with Crippen LogP contribution < -0.4 is 19.7 Å². The third-order valence-electron chi connectivity index (χ3n) is 3.80. The van der Waals surface area contributed by atoms with E-state index in [1.165, 1.54) is 0 Å². The number of nitrogens with one attached hydrogen (secondary N) is 1. The van der Waals surface area contributed by atoms with Gasteiger partial charge >= 0.3 is 23.9 Å². The number of benzene rings is 1. The number of amides is 2. The number of sulfone groups is 1. The van der Waals surface area contributed by atoms with Crippen LogP contribution in [0.15, 0.2) is 48.0 Å². The van der Waals surface area contributed by atoms with E-state index in [1.54, 1.807) is 0 Å². The van der Waals surface area contributed by atoms with Gasteiger partial charge in [0.2, 0.25) is 17.7 Å². The monoisotopic (exact) mass is 568 g/mol. The molecule has 1 aromatic carbocycles. The van der Waals surface area contributed by atoms with Crippen molar-refractivity contribution < 1.29 is 62.2 Å². The molecule has 0 atom stereocenters. The van der Waals surface area contributed by atoms with E-state index >= 15 is 0 Å². The summed E-state index contributed by atoms with van der Waals surface area (Å²) in [7, 11) is -5.69. The predicted octanol–water partition coefficient (Wildman–Crippen LogP) is 4.83. The molecule has 2 aromatic rings. The van der Waals surface area contributed by atoms with Crippen molar-refractivity contribution in [2.45, 2.75) is 22.8 Å². The van der Waals surface area contributed by atoms with Gasteiger partial charge in [0, 0.05) is 6.20 Å². The summed E-state index contributed by atoms with van der Waals surface area (Å²) in [5, 5.41) is 1.91. The Morgan fingerprint density at radius 3 is 1.76 bits per heavy atom. The summed E-state index contributed by atoms with van der Waals surface area (Å²) in [6.45, 7) is -0.516. The molecule has 37 heavy (non-hydrogen) atoms. The van der Waals surface area contributed by atoms with Crippen LogP contribution in [0.1, 0.15) is 0 Å². The molecule has 0 saturated heterocycles. The summed E-state index contributed by atoms with van der Waals surface area (Å²) in [5.41, 5.74) is -5.83. The first kappa shape index (κ1) is 29.5. The molecule has 0 unspecified atom stereocenters. The average molecular weight is 568 g/mol. The van der Waals surface area contributed by atoms with Gasteiger partial charge in [-0.15, -0.1) is 0 Å². The zero-order valence-corrected chi connectivity index (χ0v) is 18.6. The topological polar surface area (TPSA) is 111 Å². The molecule has 0 spiro atoms. The molecule has 1 N–H and O–H groups in total. The first-order chi connectivity index (χ1) is 16.8. The first-order valence-electron chi connectivity index (χ1n) is 9.25. The largest absolute Gasteiger partial charge is 0.501 e. The minimum absolute atomic E-state index is 0.244. The van der Waals surface area contributed by atoms with Crippen LogP contribution in [-0.2, 0) is 9.84 Å². The standard InChI is InChI=1S/C18H13F9N4O5S/c1-2-31(10-3-5-11(6-4-10)37(33,34)18(25,26)27)15(32)30-14-28-12(35-8-16(19,20)21)7-13(29-14)36-9-17(22,23)24/h2-7H,1,8-9H2,(H,28,29,30,32). The zero-order valence-electron chi connectivity index (χ0n) is 17.8. The number of halogens is 9. The van der Waals surface area contributed by atoms with Gasteiger partial charge in [0.15, 0.2) is 13.2 Å². The Morgan fingerprint density at radius 2 is 1.38 bits per heavy atom. The van der Waals surface area contributed by atoms with Crippen LogP contribution in [0.25, 0.3) is 0 Å². The summed E-state index contributed by atoms with van der Waals surface area (Å²) in [6, 6.07) is 1.90. The fourth-order valence-corrected chi connectivity index (χ4v) is 3.06. The quantitative estimate of drug-likeness (QED) is 0.454. The highest BCUT2D eigenvalue weighted by Crippen LogP contribution is 2.31. The fourth-order valence-electron chi connectivity index (χ4n) is 2.30. The molecule has 204 valence electrons. The lowest BCUT2D eigenvalue weighted by molar-refractivity contribution is -0.154. The molecule has 1 aromatic heterocycles. The van der Waals surface area contributed by atoms with Crippen molar-refractivity contribution in [3.05, 3.63) is 43.1 Å². The molecule has 19 heteroatoms. The maximum atomic E-state index is 12.7.